The first-order valence-corrected chi connectivity index (χ1v) is 3.95. The van der Waals surface area contributed by atoms with Crippen molar-refractivity contribution in [1.82, 2.24) is 0 Å². The van der Waals surface area contributed by atoms with Crippen LogP contribution in [0.15, 0.2) is 18.2 Å². The third kappa shape index (κ3) is 2.05. The fraction of sp³-hybridized carbons (Fsp3) is 0.333. The molecular formula is C9H13NO2. The second-order valence-electron chi connectivity index (χ2n) is 2.57. The van der Waals surface area contributed by atoms with Gasteiger partial charge >= 0.3 is 0 Å². The number of nitrogens with two attached hydrogens (primary N) is 1. The number of rotatable bonds is 3. The van der Waals surface area contributed by atoms with Crippen LogP contribution in [0.2, 0.25) is 0 Å². The van der Waals surface area contributed by atoms with E-state index in [0.717, 1.165) is 6.42 Å². The highest BCUT2D eigenvalue weighted by molar-refractivity contribution is 5.55. The summed E-state index contributed by atoms with van der Waals surface area (Å²) in [4.78, 5) is 0. The monoisotopic (exact) mass is 167 g/mol. The Hall–Kier alpha value is -1.38. The number of anilines is 1. The van der Waals surface area contributed by atoms with Crippen molar-refractivity contribution >= 4 is 5.69 Å². The molecule has 1 rings (SSSR count). The summed E-state index contributed by atoms with van der Waals surface area (Å²) in [6.07, 6.45) is 0.959. The Balaban J connectivity index is 2.69. The largest absolute Gasteiger partial charge is 0.506 e. The standard InChI is InChI=1S/C9H13NO2/c1-2-5-12-7-3-4-9(11)8(10)6-7/h3-4,6,11H,2,5,10H2,1H3. The predicted molar refractivity (Wildman–Crippen MR) is 48.3 cm³/mol. The Morgan fingerprint density at radius 2 is 2.25 bits per heavy atom. The molecule has 0 spiro atoms. The lowest BCUT2D eigenvalue weighted by Gasteiger charge is -2.05. The summed E-state index contributed by atoms with van der Waals surface area (Å²) in [5.74, 6) is 0.797. The van der Waals surface area contributed by atoms with Gasteiger partial charge in [-0.3, -0.25) is 0 Å². The lowest BCUT2D eigenvalue weighted by atomic mass is 10.3. The first-order chi connectivity index (χ1) is 5.74. The number of benzene rings is 1. The Bertz CT molecular complexity index is 261. The molecule has 12 heavy (non-hydrogen) atoms. The van der Waals surface area contributed by atoms with Crippen molar-refractivity contribution in [2.75, 3.05) is 12.3 Å². The molecule has 0 saturated carbocycles. The topological polar surface area (TPSA) is 55.5 Å². The van der Waals surface area contributed by atoms with Crippen molar-refractivity contribution in [1.29, 1.82) is 0 Å². The van der Waals surface area contributed by atoms with Gasteiger partial charge in [-0.15, -0.1) is 0 Å². The number of hydrogen-bond acceptors (Lipinski definition) is 3. The molecule has 66 valence electrons. The van der Waals surface area contributed by atoms with Crippen molar-refractivity contribution in [3.8, 4) is 11.5 Å². The van der Waals surface area contributed by atoms with E-state index in [0.29, 0.717) is 18.0 Å². The van der Waals surface area contributed by atoms with Gasteiger partial charge < -0.3 is 15.6 Å². The minimum absolute atomic E-state index is 0.0962. The van der Waals surface area contributed by atoms with Crippen molar-refractivity contribution in [3.63, 3.8) is 0 Å². The third-order valence-corrected chi connectivity index (χ3v) is 1.47. The highest BCUT2D eigenvalue weighted by atomic mass is 16.5. The van der Waals surface area contributed by atoms with E-state index < -0.39 is 0 Å². The lowest BCUT2D eigenvalue weighted by Crippen LogP contribution is -1.95. The van der Waals surface area contributed by atoms with Crippen LogP contribution >= 0.6 is 0 Å². The first-order valence-electron chi connectivity index (χ1n) is 3.95. The Kier molecular flexibility index (Phi) is 2.80. The maximum Gasteiger partial charge on any atom is 0.138 e. The van der Waals surface area contributed by atoms with Crippen LogP contribution in [-0.2, 0) is 0 Å². The van der Waals surface area contributed by atoms with Gasteiger partial charge in [-0.2, -0.15) is 0 Å². The van der Waals surface area contributed by atoms with Gasteiger partial charge in [0, 0.05) is 6.07 Å². The molecule has 3 heteroatoms. The summed E-state index contributed by atoms with van der Waals surface area (Å²) in [7, 11) is 0. The molecular weight excluding hydrogens is 154 g/mol. The zero-order valence-electron chi connectivity index (χ0n) is 7.08. The van der Waals surface area contributed by atoms with Crippen molar-refractivity contribution in [2.45, 2.75) is 13.3 Å². The fourth-order valence-corrected chi connectivity index (χ4v) is 0.842. The molecule has 0 heterocycles. The Labute approximate surface area is 71.8 Å². The molecule has 0 aromatic heterocycles. The normalized spacial score (nSPS) is 9.75. The maximum atomic E-state index is 9.09. The van der Waals surface area contributed by atoms with Crippen LogP contribution in [0, 0.1) is 0 Å². The molecule has 3 nitrogen and oxygen atoms in total. The van der Waals surface area contributed by atoms with Gasteiger partial charge in [-0.05, 0) is 18.6 Å². The molecule has 0 aliphatic heterocycles. The van der Waals surface area contributed by atoms with Gasteiger partial charge in [-0.25, -0.2) is 0 Å². The average Bonchev–Trinajstić information content (AvgIpc) is 2.07. The zero-order chi connectivity index (χ0) is 8.97. The molecule has 0 bridgehead atoms. The molecule has 0 unspecified atom stereocenters. The lowest BCUT2D eigenvalue weighted by molar-refractivity contribution is 0.317. The van der Waals surface area contributed by atoms with Gasteiger partial charge in [-0.1, -0.05) is 6.92 Å². The minimum Gasteiger partial charge on any atom is -0.506 e. The van der Waals surface area contributed by atoms with Crippen LogP contribution in [0.4, 0.5) is 5.69 Å². The highest BCUT2D eigenvalue weighted by Crippen LogP contribution is 2.24. The van der Waals surface area contributed by atoms with E-state index in [1.165, 1.54) is 6.07 Å². The second-order valence-corrected chi connectivity index (χ2v) is 2.57. The smallest absolute Gasteiger partial charge is 0.138 e. The van der Waals surface area contributed by atoms with E-state index in [-0.39, 0.29) is 5.75 Å². The Morgan fingerprint density at radius 1 is 1.50 bits per heavy atom. The summed E-state index contributed by atoms with van der Waals surface area (Å²) in [6.45, 7) is 2.70. The van der Waals surface area contributed by atoms with E-state index in [4.69, 9.17) is 15.6 Å². The van der Waals surface area contributed by atoms with E-state index in [2.05, 4.69) is 0 Å². The molecule has 0 radical (unpaired) electrons. The van der Waals surface area contributed by atoms with Gasteiger partial charge in [0.25, 0.3) is 0 Å². The summed E-state index contributed by atoms with van der Waals surface area (Å²) < 4.78 is 5.30. The molecule has 1 aromatic rings. The van der Waals surface area contributed by atoms with Crippen molar-refractivity contribution < 1.29 is 9.84 Å². The van der Waals surface area contributed by atoms with Crippen LogP contribution in [-0.4, -0.2) is 11.7 Å². The number of ether oxygens (including phenoxy) is 1. The zero-order valence-corrected chi connectivity index (χ0v) is 7.08. The van der Waals surface area contributed by atoms with Crippen LogP contribution < -0.4 is 10.5 Å². The fourth-order valence-electron chi connectivity index (χ4n) is 0.842. The second kappa shape index (κ2) is 3.85. The summed E-state index contributed by atoms with van der Waals surface area (Å²) in [6, 6.07) is 4.84. The van der Waals surface area contributed by atoms with E-state index >= 15 is 0 Å². The van der Waals surface area contributed by atoms with Crippen molar-refractivity contribution in [3.05, 3.63) is 18.2 Å². The molecule has 0 amide bonds. The number of hydrogen-bond donors (Lipinski definition) is 2. The van der Waals surface area contributed by atoms with Gasteiger partial charge in [0.2, 0.25) is 0 Å². The molecule has 0 atom stereocenters. The SMILES string of the molecule is CCCOc1ccc(O)c(N)c1. The summed E-state index contributed by atoms with van der Waals surface area (Å²) in [5, 5.41) is 9.09. The molecule has 1 aromatic carbocycles. The van der Waals surface area contributed by atoms with E-state index in [9.17, 15) is 0 Å². The first kappa shape index (κ1) is 8.71. The van der Waals surface area contributed by atoms with Crippen LogP contribution in [0.25, 0.3) is 0 Å². The quantitative estimate of drug-likeness (QED) is 0.532. The summed E-state index contributed by atoms with van der Waals surface area (Å²) >= 11 is 0. The van der Waals surface area contributed by atoms with Crippen molar-refractivity contribution in [2.24, 2.45) is 0 Å². The maximum absolute atomic E-state index is 9.09. The number of phenols is 1. The van der Waals surface area contributed by atoms with E-state index in [1.54, 1.807) is 12.1 Å². The number of nitrogen functional groups attached to an aromatic ring is 1. The van der Waals surface area contributed by atoms with Gasteiger partial charge in [0.15, 0.2) is 0 Å². The van der Waals surface area contributed by atoms with Gasteiger partial charge in [0.05, 0.1) is 12.3 Å². The molecule has 3 N–H and O–H groups in total. The van der Waals surface area contributed by atoms with Crippen LogP contribution in [0.5, 0.6) is 11.5 Å². The summed E-state index contributed by atoms with van der Waals surface area (Å²) in [5.41, 5.74) is 5.81. The molecule has 0 fully saturated rings. The predicted octanol–water partition coefficient (Wildman–Crippen LogP) is 1.76. The number of aromatic hydroxyl groups is 1. The number of phenolic OH excluding ortho intramolecular Hbond substituents is 1. The van der Waals surface area contributed by atoms with E-state index in [1.807, 2.05) is 6.92 Å². The molecule has 0 aliphatic carbocycles. The van der Waals surface area contributed by atoms with Gasteiger partial charge in [0.1, 0.15) is 11.5 Å². The Morgan fingerprint density at radius 3 is 2.83 bits per heavy atom. The highest BCUT2D eigenvalue weighted by Gasteiger charge is 1.98. The minimum atomic E-state index is 0.0962. The average molecular weight is 167 g/mol. The van der Waals surface area contributed by atoms with Crippen LogP contribution in [0.3, 0.4) is 0 Å². The van der Waals surface area contributed by atoms with Crippen LogP contribution in [0.1, 0.15) is 13.3 Å². The molecule has 0 saturated heterocycles. The molecule has 0 aliphatic rings. The third-order valence-electron chi connectivity index (χ3n) is 1.47.